The molecule has 0 radical (unpaired) electrons. The van der Waals surface area contributed by atoms with Crippen LogP contribution < -0.4 is 56.7 Å². The van der Waals surface area contributed by atoms with Crippen molar-refractivity contribution in [2.24, 2.45) is 0 Å². The van der Waals surface area contributed by atoms with E-state index in [2.05, 4.69) is 105 Å². The molecule has 0 spiro atoms. The van der Waals surface area contributed by atoms with Gasteiger partial charge in [0.25, 0.3) is 0 Å². The van der Waals surface area contributed by atoms with Gasteiger partial charge in [-0.05, 0) is 72.8 Å². The second-order valence-electron chi connectivity index (χ2n) is 10.8. The molecule has 0 unspecified atom stereocenters. The van der Waals surface area contributed by atoms with E-state index in [-0.39, 0.29) is 44.3 Å². The Balaban J connectivity index is 0.000000372. The van der Waals surface area contributed by atoms with E-state index in [1.807, 2.05) is 109 Å². The van der Waals surface area contributed by atoms with Crippen molar-refractivity contribution in [2.75, 3.05) is 71.2 Å². The third-order valence-electron chi connectivity index (χ3n) is 6.99. The van der Waals surface area contributed by atoms with Gasteiger partial charge in [0.1, 0.15) is 0 Å². The maximum Gasteiger partial charge on any atom is 2.00 e. The number of benzene rings is 6. The topological polar surface area (TPSA) is 72.2 Å². The van der Waals surface area contributed by atoms with Gasteiger partial charge in [-0.1, -0.05) is 109 Å². The van der Waals surface area contributed by atoms with Gasteiger partial charge in [0.2, 0.25) is 0 Å². The second-order valence-corrected chi connectivity index (χ2v) is 10.8. The van der Waals surface area contributed by atoms with Gasteiger partial charge in [-0.2, -0.15) is 0 Å². The van der Waals surface area contributed by atoms with Crippen LogP contribution in [0.2, 0.25) is 0 Å². The molecule has 6 nitrogen and oxygen atoms in total. The molecule has 6 rings (SSSR count). The third-order valence-corrected chi connectivity index (χ3v) is 6.99. The van der Waals surface area contributed by atoms with Crippen molar-refractivity contribution < 1.29 is 44.3 Å². The number of hydrogen-bond acceptors (Lipinski definition) is 6. The minimum atomic E-state index is 0. The summed E-state index contributed by atoms with van der Waals surface area (Å²) < 4.78 is 0. The molecule has 0 atom stereocenters. The SMILES string of the molecule is [Cl-].[Cl-].[Zn+2].c1ccc(NCCNc2ccccc2)cc1.c1ccc(NCCNc2ccccc2)cc1.c1ccc(NCCNc2ccccc2)cc1. The van der Waals surface area contributed by atoms with Crippen molar-refractivity contribution in [1.29, 1.82) is 0 Å². The predicted molar refractivity (Wildman–Crippen MR) is 210 cm³/mol. The van der Waals surface area contributed by atoms with Gasteiger partial charge < -0.3 is 56.7 Å². The molecule has 0 aliphatic heterocycles. The first-order chi connectivity index (χ1) is 23.8. The quantitative estimate of drug-likeness (QED) is 0.0709. The zero-order chi connectivity index (χ0) is 33.2. The smallest absolute Gasteiger partial charge is 1.00 e. The minimum absolute atomic E-state index is 0. The molecule has 0 fully saturated rings. The number of anilines is 6. The van der Waals surface area contributed by atoms with Crippen LogP contribution in [-0.4, -0.2) is 39.3 Å². The van der Waals surface area contributed by atoms with Gasteiger partial charge >= 0.3 is 19.5 Å². The summed E-state index contributed by atoms with van der Waals surface area (Å²) >= 11 is 0. The van der Waals surface area contributed by atoms with Crippen LogP contribution in [0.1, 0.15) is 0 Å². The summed E-state index contributed by atoms with van der Waals surface area (Å²) in [6.07, 6.45) is 0. The minimum Gasteiger partial charge on any atom is -1.00 e. The maximum atomic E-state index is 3.35. The second kappa shape index (κ2) is 29.1. The van der Waals surface area contributed by atoms with E-state index >= 15 is 0 Å². The molecular formula is C42H48Cl2N6Zn. The Morgan fingerprint density at radius 1 is 0.216 bits per heavy atom. The molecule has 0 saturated heterocycles. The Morgan fingerprint density at radius 3 is 0.451 bits per heavy atom. The van der Waals surface area contributed by atoms with Crippen LogP contribution >= 0.6 is 0 Å². The van der Waals surface area contributed by atoms with Gasteiger partial charge in [-0.25, -0.2) is 0 Å². The molecule has 9 heteroatoms. The van der Waals surface area contributed by atoms with Crippen molar-refractivity contribution in [3.63, 3.8) is 0 Å². The Bertz CT molecular complexity index is 1280. The molecule has 6 aromatic rings. The van der Waals surface area contributed by atoms with Gasteiger partial charge in [0.05, 0.1) is 0 Å². The van der Waals surface area contributed by atoms with Crippen LogP contribution in [0.5, 0.6) is 0 Å². The van der Waals surface area contributed by atoms with E-state index in [1.54, 1.807) is 0 Å². The summed E-state index contributed by atoms with van der Waals surface area (Å²) in [4.78, 5) is 0. The molecule has 0 heterocycles. The van der Waals surface area contributed by atoms with Crippen LogP contribution in [0.3, 0.4) is 0 Å². The molecule has 262 valence electrons. The predicted octanol–water partition coefficient (Wildman–Crippen LogP) is 3.64. The standard InChI is InChI=1S/3C14H16N2.2ClH.Zn/c3*1-3-7-13(8-4-1)15-11-12-16-14-9-5-2-6-10-14;;;/h3*1-10,15-16H,11-12H2;2*1H;/q;;;;;+2/p-2. The fraction of sp³-hybridized carbons (Fsp3) is 0.143. The average Bonchev–Trinajstić information content (AvgIpc) is 3.17. The first kappa shape index (κ1) is 44.3. The molecule has 6 N–H and O–H groups in total. The number of para-hydroxylation sites is 6. The van der Waals surface area contributed by atoms with Crippen LogP contribution in [0.4, 0.5) is 34.1 Å². The summed E-state index contributed by atoms with van der Waals surface area (Å²) in [5.41, 5.74) is 6.99. The summed E-state index contributed by atoms with van der Waals surface area (Å²) in [6.45, 7) is 5.49. The maximum absolute atomic E-state index is 3.35. The Hall–Kier alpha value is -4.68. The Morgan fingerprint density at radius 2 is 0.333 bits per heavy atom. The number of nitrogens with one attached hydrogen (secondary N) is 6. The molecule has 0 amide bonds. The summed E-state index contributed by atoms with van der Waals surface area (Å²) in [5.74, 6) is 0. The van der Waals surface area contributed by atoms with E-state index in [1.165, 1.54) is 0 Å². The van der Waals surface area contributed by atoms with Gasteiger partial charge in [0, 0.05) is 73.4 Å². The zero-order valence-corrected chi connectivity index (χ0v) is 33.5. The van der Waals surface area contributed by atoms with Crippen molar-refractivity contribution >= 4 is 34.1 Å². The van der Waals surface area contributed by atoms with E-state index in [0.717, 1.165) is 73.4 Å². The summed E-state index contributed by atoms with van der Waals surface area (Å²) in [5, 5.41) is 20.1. The third kappa shape index (κ3) is 20.6. The van der Waals surface area contributed by atoms with Crippen molar-refractivity contribution in [1.82, 2.24) is 0 Å². The van der Waals surface area contributed by atoms with E-state index in [4.69, 9.17) is 0 Å². The van der Waals surface area contributed by atoms with Crippen molar-refractivity contribution in [2.45, 2.75) is 0 Å². The molecular weight excluding hydrogens is 725 g/mol. The fourth-order valence-corrected chi connectivity index (χ4v) is 4.58. The average molecular weight is 773 g/mol. The Kier molecular flexibility index (Phi) is 25.3. The summed E-state index contributed by atoms with van der Waals surface area (Å²) in [7, 11) is 0. The molecule has 0 aromatic heterocycles. The number of hydrogen-bond donors (Lipinski definition) is 6. The Labute approximate surface area is 329 Å². The molecule has 0 saturated carbocycles. The fourth-order valence-electron chi connectivity index (χ4n) is 4.58. The van der Waals surface area contributed by atoms with Crippen LogP contribution in [0, 0.1) is 0 Å². The molecule has 51 heavy (non-hydrogen) atoms. The largest absolute Gasteiger partial charge is 2.00 e. The van der Waals surface area contributed by atoms with E-state index in [9.17, 15) is 0 Å². The number of rotatable bonds is 15. The van der Waals surface area contributed by atoms with E-state index in [0.29, 0.717) is 0 Å². The monoisotopic (exact) mass is 770 g/mol. The van der Waals surface area contributed by atoms with E-state index < -0.39 is 0 Å². The van der Waals surface area contributed by atoms with Crippen LogP contribution in [-0.2, 0) is 19.5 Å². The molecule has 0 bridgehead atoms. The van der Waals surface area contributed by atoms with Gasteiger partial charge in [-0.15, -0.1) is 0 Å². The summed E-state index contributed by atoms with van der Waals surface area (Å²) in [6, 6.07) is 61.4. The molecule has 6 aromatic carbocycles. The first-order valence-electron chi connectivity index (χ1n) is 16.6. The van der Waals surface area contributed by atoms with Crippen molar-refractivity contribution in [3.05, 3.63) is 182 Å². The number of halogens is 2. The molecule has 0 aliphatic rings. The molecule has 0 aliphatic carbocycles. The van der Waals surface area contributed by atoms with Gasteiger partial charge in [0.15, 0.2) is 0 Å². The van der Waals surface area contributed by atoms with Crippen LogP contribution in [0.15, 0.2) is 182 Å². The zero-order valence-electron chi connectivity index (χ0n) is 29.0. The first-order valence-corrected chi connectivity index (χ1v) is 16.6. The van der Waals surface area contributed by atoms with Crippen molar-refractivity contribution in [3.8, 4) is 0 Å². The van der Waals surface area contributed by atoms with Gasteiger partial charge in [-0.3, -0.25) is 0 Å². The normalized spacial score (nSPS) is 9.18. The van der Waals surface area contributed by atoms with Crippen LogP contribution in [0.25, 0.3) is 0 Å².